The zero-order chi connectivity index (χ0) is 39.7. The number of ether oxygens (including phenoxy) is 1. The molecule has 5 rings (SSSR count). The van der Waals surface area contributed by atoms with Gasteiger partial charge in [0.25, 0.3) is 0 Å². The molecule has 0 unspecified atom stereocenters. The Morgan fingerprint density at radius 2 is 1.75 bits per heavy atom. The van der Waals surface area contributed by atoms with Crippen LogP contribution in [0.3, 0.4) is 0 Å². The minimum absolute atomic E-state index is 0.0412. The Hall–Kier alpha value is -4.45. The number of nitrogens with two attached hydrogens (primary N) is 1. The molecular weight excluding hydrogens is 717 g/mol. The number of likely N-dealkylation sites (tertiary alicyclic amines) is 1. The van der Waals surface area contributed by atoms with Crippen LogP contribution >= 0.6 is 0 Å². The number of nitrogens with zero attached hydrogens (tertiary/aromatic N) is 6. The lowest BCUT2D eigenvalue weighted by atomic mass is 9.95. The number of hydrogen-bond acceptors (Lipinski definition) is 14. The number of anilines is 2. The Kier molecular flexibility index (Phi) is 17.0. The van der Waals surface area contributed by atoms with Crippen molar-refractivity contribution in [2.24, 2.45) is 5.73 Å². The standard InChI is InChI=1S/C39H62N12O5/c1-27(2)56-38(55)34(45-37(54)32(40)26-52)14-15-35(53)50-22-16-29(17-23-50)44-36-31-12-6-7-13-33(31)46-39(47-36)43-24-30-25-51(49-48-30)21-9-19-41-18-8-20-42-28-10-4-3-5-11-28/h6-7,12-13,25,27-29,32,34,41-42,52H,3-5,8-11,14-24,26,40H2,1-2H3,(H,45,54)(H2,43,44,46,47)/t32-,34-/m0/s1. The Morgan fingerprint density at radius 3 is 2.52 bits per heavy atom. The highest BCUT2D eigenvalue weighted by Gasteiger charge is 2.29. The van der Waals surface area contributed by atoms with Gasteiger partial charge >= 0.3 is 5.97 Å². The van der Waals surface area contributed by atoms with Crippen molar-refractivity contribution in [1.82, 2.24) is 45.8 Å². The van der Waals surface area contributed by atoms with Gasteiger partial charge in [0, 0.05) is 43.5 Å². The summed E-state index contributed by atoms with van der Waals surface area (Å²) >= 11 is 0. The van der Waals surface area contributed by atoms with Crippen molar-refractivity contribution < 1.29 is 24.2 Å². The fraction of sp³-hybridized carbons (Fsp3) is 0.667. The molecule has 0 spiro atoms. The summed E-state index contributed by atoms with van der Waals surface area (Å²) in [5, 5.41) is 35.5. The maximum Gasteiger partial charge on any atom is 0.328 e. The van der Waals surface area contributed by atoms with Crippen LogP contribution in [-0.4, -0.2) is 122 Å². The highest BCUT2D eigenvalue weighted by molar-refractivity contribution is 5.90. The summed E-state index contributed by atoms with van der Waals surface area (Å²) in [5.41, 5.74) is 7.22. The molecule has 2 atom stereocenters. The van der Waals surface area contributed by atoms with Gasteiger partial charge in [0.05, 0.1) is 31.0 Å². The molecule has 1 aromatic carbocycles. The molecule has 56 heavy (non-hydrogen) atoms. The summed E-state index contributed by atoms with van der Waals surface area (Å²) in [6.07, 6.45) is 11.9. The highest BCUT2D eigenvalue weighted by atomic mass is 16.5. The molecule has 2 amide bonds. The number of aliphatic hydroxyl groups excluding tert-OH is 1. The number of benzene rings is 1. The first-order valence-corrected chi connectivity index (χ1v) is 20.4. The molecule has 2 fully saturated rings. The van der Waals surface area contributed by atoms with E-state index in [2.05, 4.69) is 36.9 Å². The number of hydrogen-bond donors (Lipinski definition) is 7. The van der Waals surface area contributed by atoms with E-state index < -0.39 is 36.7 Å². The molecule has 0 bridgehead atoms. The highest BCUT2D eigenvalue weighted by Crippen LogP contribution is 2.25. The van der Waals surface area contributed by atoms with Gasteiger partial charge in [-0.05, 0) is 90.6 Å². The lowest BCUT2D eigenvalue weighted by molar-refractivity contribution is -0.152. The second-order valence-electron chi connectivity index (χ2n) is 15.2. The average molecular weight is 779 g/mol. The molecule has 3 aromatic rings. The van der Waals surface area contributed by atoms with Crippen LogP contribution in [0, 0.1) is 0 Å². The largest absolute Gasteiger partial charge is 0.461 e. The molecule has 1 saturated carbocycles. The van der Waals surface area contributed by atoms with Crippen LogP contribution in [0.25, 0.3) is 10.9 Å². The summed E-state index contributed by atoms with van der Waals surface area (Å²) in [7, 11) is 0. The van der Waals surface area contributed by atoms with E-state index in [1.165, 1.54) is 32.1 Å². The molecule has 0 radical (unpaired) electrons. The molecule has 1 aliphatic heterocycles. The first-order valence-electron chi connectivity index (χ1n) is 20.4. The number of nitrogens with one attached hydrogen (secondary N) is 5. The Labute approximate surface area is 329 Å². The Morgan fingerprint density at radius 1 is 0.982 bits per heavy atom. The van der Waals surface area contributed by atoms with Crippen molar-refractivity contribution in [2.45, 2.75) is 128 Å². The van der Waals surface area contributed by atoms with Crippen LogP contribution in [0.15, 0.2) is 30.5 Å². The van der Waals surface area contributed by atoms with E-state index in [0.29, 0.717) is 50.3 Å². The number of aliphatic hydroxyl groups is 1. The van der Waals surface area contributed by atoms with E-state index in [9.17, 15) is 19.5 Å². The van der Waals surface area contributed by atoms with Crippen LogP contribution < -0.4 is 32.3 Å². The predicted octanol–water partition coefficient (Wildman–Crippen LogP) is 2.06. The quantitative estimate of drug-likeness (QED) is 0.0573. The number of aryl methyl sites for hydroxylation is 1. The monoisotopic (exact) mass is 778 g/mol. The normalized spacial score (nSPS) is 16.5. The first-order chi connectivity index (χ1) is 27.2. The lowest BCUT2D eigenvalue weighted by Crippen LogP contribution is -2.51. The molecule has 1 saturated heterocycles. The predicted molar refractivity (Wildman–Crippen MR) is 215 cm³/mol. The Bertz CT molecular complexity index is 1670. The maximum atomic E-state index is 13.2. The van der Waals surface area contributed by atoms with E-state index in [1.54, 1.807) is 18.7 Å². The molecule has 3 heterocycles. The third-order valence-electron chi connectivity index (χ3n) is 10.2. The van der Waals surface area contributed by atoms with Crippen LogP contribution in [0.4, 0.5) is 11.8 Å². The Balaban J connectivity index is 1.05. The van der Waals surface area contributed by atoms with Crippen molar-refractivity contribution in [3.63, 3.8) is 0 Å². The summed E-state index contributed by atoms with van der Waals surface area (Å²) < 4.78 is 7.15. The van der Waals surface area contributed by atoms with E-state index in [1.807, 2.05) is 35.1 Å². The number of esters is 1. The summed E-state index contributed by atoms with van der Waals surface area (Å²) in [5.74, 6) is -0.251. The molecule has 1 aliphatic carbocycles. The summed E-state index contributed by atoms with van der Waals surface area (Å²) in [6.45, 7) is 8.14. The zero-order valence-electron chi connectivity index (χ0n) is 33.0. The van der Waals surface area contributed by atoms with Crippen molar-refractivity contribution in [3.05, 3.63) is 36.2 Å². The number of aromatic nitrogens is 5. The van der Waals surface area contributed by atoms with Crippen molar-refractivity contribution in [1.29, 1.82) is 0 Å². The SMILES string of the molecule is CC(C)OC(=O)[C@H](CCC(=O)N1CCC(Nc2nc(NCc3cn(CCCNCCCNC4CCCCC4)nn3)nc3ccccc23)CC1)NC(=O)[C@@H](N)CO. The van der Waals surface area contributed by atoms with Crippen molar-refractivity contribution in [3.8, 4) is 0 Å². The van der Waals surface area contributed by atoms with Gasteiger partial charge in [-0.25, -0.2) is 9.78 Å². The molecule has 8 N–H and O–H groups in total. The fourth-order valence-electron chi connectivity index (χ4n) is 7.10. The van der Waals surface area contributed by atoms with Crippen LogP contribution in [-0.2, 0) is 32.2 Å². The number of amides is 2. The lowest BCUT2D eigenvalue weighted by Gasteiger charge is -2.33. The van der Waals surface area contributed by atoms with Crippen molar-refractivity contribution >= 4 is 40.5 Å². The van der Waals surface area contributed by atoms with Gasteiger partial charge in [0.15, 0.2) is 0 Å². The van der Waals surface area contributed by atoms with E-state index in [0.717, 1.165) is 55.6 Å². The van der Waals surface area contributed by atoms with Crippen molar-refractivity contribution in [2.75, 3.05) is 50.0 Å². The van der Waals surface area contributed by atoms with Gasteiger partial charge in [-0.2, -0.15) is 4.98 Å². The average Bonchev–Trinajstić information content (AvgIpc) is 3.67. The van der Waals surface area contributed by atoms with Gasteiger partial charge in [-0.15, -0.1) is 5.10 Å². The third kappa shape index (κ3) is 13.6. The van der Waals surface area contributed by atoms with Gasteiger partial charge < -0.3 is 47.1 Å². The number of carbonyl (C=O) groups excluding carboxylic acids is 3. The zero-order valence-corrected chi connectivity index (χ0v) is 33.0. The van der Waals surface area contributed by atoms with E-state index in [4.69, 9.17) is 20.4 Å². The number of carbonyl (C=O) groups is 3. The van der Waals surface area contributed by atoms with Gasteiger partial charge in [-0.3, -0.25) is 14.3 Å². The number of para-hydroxylation sites is 1. The van der Waals surface area contributed by atoms with Crippen LogP contribution in [0.1, 0.15) is 90.2 Å². The number of fused-ring (bicyclic) bond motifs is 1. The number of piperidine rings is 1. The van der Waals surface area contributed by atoms with E-state index in [-0.39, 0.29) is 24.8 Å². The minimum atomic E-state index is -1.18. The summed E-state index contributed by atoms with van der Waals surface area (Å²) in [4.78, 5) is 49.5. The summed E-state index contributed by atoms with van der Waals surface area (Å²) in [6, 6.07) is 6.41. The van der Waals surface area contributed by atoms with Gasteiger partial charge in [0.1, 0.15) is 23.6 Å². The molecule has 17 nitrogen and oxygen atoms in total. The van der Waals surface area contributed by atoms with Crippen LogP contribution in [0.2, 0.25) is 0 Å². The molecule has 2 aliphatic rings. The maximum absolute atomic E-state index is 13.2. The molecular formula is C39H62N12O5. The van der Waals surface area contributed by atoms with E-state index >= 15 is 0 Å². The number of rotatable bonds is 22. The minimum Gasteiger partial charge on any atom is -0.461 e. The topological polar surface area (TPSA) is 227 Å². The molecule has 308 valence electrons. The second kappa shape index (κ2) is 22.3. The molecule has 17 heteroatoms. The van der Waals surface area contributed by atoms with Gasteiger partial charge in [0.2, 0.25) is 17.8 Å². The first kappa shape index (κ1) is 42.7. The third-order valence-corrected chi connectivity index (χ3v) is 10.2. The molecule has 2 aromatic heterocycles. The van der Waals surface area contributed by atoms with Gasteiger partial charge in [-0.1, -0.05) is 36.6 Å². The fourth-order valence-corrected chi connectivity index (χ4v) is 7.10. The smallest absolute Gasteiger partial charge is 0.328 e. The van der Waals surface area contributed by atoms with Crippen LogP contribution in [0.5, 0.6) is 0 Å². The second-order valence-corrected chi connectivity index (χ2v) is 15.2.